The van der Waals surface area contributed by atoms with Crippen LogP contribution in [0.25, 0.3) is 10.9 Å². The fraction of sp³-hybridized carbons (Fsp3) is 0.524. The molecule has 3 aromatic rings. The molecule has 0 bridgehead atoms. The second kappa shape index (κ2) is 7.47. The van der Waals surface area contributed by atoms with Gasteiger partial charge in [-0.15, -0.1) is 5.10 Å². The van der Waals surface area contributed by atoms with Crippen LogP contribution in [0, 0.1) is 12.8 Å². The molecular formula is C21H29N6O+. The van der Waals surface area contributed by atoms with Crippen molar-refractivity contribution in [2.24, 2.45) is 5.92 Å². The first-order valence-corrected chi connectivity index (χ1v) is 10.2. The van der Waals surface area contributed by atoms with Gasteiger partial charge in [-0.1, -0.05) is 25.1 Å². The van der Waals surface area contributed by atoms with Gasteiger partial charge < -0.3 is 9.88 Å². The molecule has 0 amide bonds. The molecule has 0 unspecified atom stereocenters. The van der Waals surface area contributed by atoms with Crippen molar-refractivity contribution in [3.05, 3.63) is 51.6 Å². The highest BCUT2D eigenvalue weighted by Gasteiger charge is 2.36. The topological polar surface area (TPSA) is 80.9 Å². The minimum Gasteiger partial charge on any atom is -0.322 e. The molecule has 3 heterocycles. The number of para-hydroxylation sites is 1. The van der Waals surface area contributed by atoms with Gasteiger partial charge in [0.05, 0.1) is 30.2 Å². The van der Waals surface area contributed by atoms with Crippen LogP contribution in [0.2, 0.25) is 0 Å². The maximum absolute atomic E-state index is 13.2. The Morgan fingerprint density at radius 1 is 1.25 bits per heavy atom. The molecule has 1 aliphatic heterocycles. The highest BCUT2D eigenvalue weighted by Crippen LogP contribution is 2.22. The number of aryl methyl sites for hydroxylation is 1. The van der Waals surface area contributed by atoms with Gasteiger partial charge in [0.1, 0.15) is 0 Å². The fourth-order valence-corrected chi connectivity index (χ4v) is 4.34. The van der Waals surface area contributed by atoms with E-state index in [-0.39, 0.29) is 17.6 Å². The van der Waals surface area contributed by atoms with Crippen molar-refractivity contribution in [2.75, 3.05) is 13.1 Å². The summed E-state index contributed by atoms with van der Waals surface area (Å²) in [7, 11) is 0. The lowest BCUT2D eigenvalue weighted by Gasteiger charge is -2.33. The van der Waals surface area contributed by atoms with Crippen LogP contribution < -0.4 is 10.5 Å². The molecule has 0 aliphatic carbocycles. The number of H-pyrrole nitrogens is 1. The third-order valence-corrected chi connectivity index (χ3v) is 6.02. The Balaban J connectivity index is 1.88. The van der Waals surface area contributed by atoms with E-state index in [1.165, 1.54) is 4.90 Å². The molecule has 0 saturated carbocycles. The van der Waals surface area contributed by atoms with Gasteiger partial charge in [0.2, 0.25) is 5.82 Å². The molecule has 4 rings (SSSR count). The number of nitrogens with zero attached hydrogens (tertiary/aromatic N) is 4. The first kappa shape index (κ1) is 18.8. The van der Waals surface area contributed by atoms with Crippen molar-refractivity contribution >= 4 is 10.9 Å². The van der Waals surface area contributed by atoms with Crippen LogP contribution in [0.5, 0.6) is 0 Å². The van der Waals surface area contributed by atoms with Crippen molar-refractivity contribution in [1.29, 1.82) is 0 Å². The Hall–Kier alpha value is -2.54. The molecule has 1 fully saturated rings. The average Bonchev–Trinajstić information content (AvgIpc) is 3.14. The summed E-state index contributed by atoms with van der Waals surface area (Å²) in [6.07, 6.45) is 2.30. The molecule has 28 heavy (non-hydrogen) atoms. The lowest BCUT2D eigenvalue weighted by atomic mass is 9.95. The van der Waals surface area contributed by atoms with Crippen molar-refractivity contribution in [2.45, 2.75) is 52.6 Å². The van der Waals surface area contributed by atoms with E-state index in [1.54, 1.807) is 0 Å². The molecule has 1 atom stereocenters. The molecule has 1 saturated heterocycles. The zero-order valence-corrected chi connectivity index (χ0v) is 17.1. The molecule has 1 aliphatic rings. The van der Waals surface area contributed by atoms with E-state index in [0.29, 0.717) is 0 Å². The smallest absolute Gasteiger partial charge is 0.258 e. The first-order valence-electron chi connectivity index (χ1n) is 10.2. The number of aromatic nitrogens is 5. The summed E-state index contributed by atoms with van der Waals surface area (Å²) in [5.74, 6) is 1.50. The quantitative estimate of drug-likeness (QED) is 0.722. The SMILES string of the molecule is Cc1cccc2cc([C@H](c3nnnn3C(C)C)[NH+]3CCC(C)CC3)c(=O)[nH]c12. The van der Waals surface area contributed by atoms with E-state index < -0.39 is 0 Å². The third-order valence-electron chi connectivity index (χ3n) is 6.02. The van der Waals surface area contributed by atoms with Gasteiger partial charge in [-0.3, -0.25) is 4.79 Å². The van der Waals surface area contributed by atoms with Crippen LogP contribution in [0.4, 0.5) is 0 Å². The Kier molecular flexibility index (Phi) is 5.02. The summed E-state index contributed by atoms with van der Waals surface area (Å²) in [6, 6.07) is 8.11. The first-order chi connectivity index (χ1) is 13.5. The summed E-state index contributed by atoms with van der Waals surface area (Å²) in [6.45, 7) is 10.5. The minimum atomic E-state index is -0.168. The number of tetrazole rings is 1. The van der Waals surface area contributed by atoms with Crippen LogP contribution in [0.1, 0.15) is 62.6 Å². The van der Waals surface area contributed by atoms with E-state index in [0.717, 1.165) is 59.7 Å². The van der Waals surface area contributed by atoms with Gasteiger partial charge in [0.25, 0.3) is 5.56 Å². The predicted molar refractivity (Wildman–Crippen MR) is 108 cm³/mol. The maximum Gasteiger partial charge on any atom is 0.258 e. The van der Waals surface area contributed by atoms with Gasteiger partial charge in [0.15, 0.2) is 6.04 Å². The van der Waals surface area contributed by atoms with Crippen LogP contribution in [-0.4, -0.2) is 38.3 Å². The normalized spacial score (nSPS) is 21.3. The van der Waals surface area contributed by atoms with Gasteiger partial charge in [-0.05, 0) is 67.0 Å². The van der Waals surface area contributed by atoms with Crippen LogP contribution in [0.15, 0.2) is 29.1 Å². The highest BCUT2D eigenvalue weighted by atomic mass is 16.1. The highest BCUT2D eigenvalue weighted by molar-refractivity contribution is 5.82. The monoisotopic (exact) mass is 381 g/mol. The van der Waals surface area contributed by atoms with Crippen LogP contribution in [0.3, 0.4) is 0 Å². The number of fused-ring (bicyclic) bond motifs is 1. The molecule has 0 spiro atoms. The predicted octanol–water partition coefficient (Wildman–Crippen LogP) is 1.81. The lowest BCUT2D eigenvalue weighted by Crippen LogP contribution is -3.13. The van der Waals surface area contributed by atoms with E-state index in [9.17, 15) is 4.79 Å². The van der Waals surface area contributed by atoms with Crippen LogP contribution in [-0.2, 0) is 0 Å². The molecular weight excluding hydrogens is 352 g/mol. The Morgan fingerprint density at radius 3 is 2.71 bits per heavy atom. The molecule has 1 aromatic carbocycles. The Morgan fingerprint density at radius 2 is 2.00 bits per heavy atom. The fourth-order valence-electron chi connectivity index (χ4n) is 4.34. The number of rotatable bonds is 4. The van der Waals surface area contributed by atoms with Gasteiger partial charge >= 0.3 is 0 Å². The number of nitrogens with one attached hydrogen (secondary N) is 2. The van der Waals surface area contributed by atoms with Gasteiger partial charge in [0, 0.05) is 0 Å². The maximum atomic E-state index is 13.2. The second-order valence-corrected chi connectivity index (χ2v) is 8.44. The van der Waals surface area contributed by atoms with Crippen molar-refractivity contribution in [3.63, 3.8) is 0 Å². The van der Waals surface area contributed by atoms with Gasteiger partial charge in [-0.2, -0.15) is 0 Å². The zero-order chi connectivity index (χ0) is 19.8. The summed E-state index contributed by atoms with van der Waals surface area (Å²) in [4.78, 5) is 17.7. The number of pyridine rings is 1. The molecule has 2 aromatic heterocycles. The molecule has 0 radical (unpaired) electrons. The van der Waals surface area contributed by atoms with E-state index >= 15 is 0 Å². The summed E-state index contributed by atoms with van der Waals surface area (Å²) >= 11 is 0. The number of hydrogen-bond acceptors (Lipinski definition) is 4. The number of benzene rings is 1. The third kappa shape index (κ3) is 3.35. The van der Waals surface area contributed by atoms with Crippen molar-refractivity contribution < 1.29 is 4.90 Å². The summed E-state index contributed by atoms with van der Waals surface area (Å²) < 4.78 is 1.86. The van der Waals surface area contributed by atoms with E-state index in [1.807, 2.05) is 29.8 Å². The summed E-state index contributed by atoms with van der Waals surface area (Å²) in [5.41, 5.74) is 2.68. The minimum absolute atomic E-state index is 0.0452. The number of likely N-dealkylation sites (tertiary alicyclic amines) is 1. The molecule has 7 nitrogen and oxygen atoms in total. The number of piperidine rings is 1. The van der Waals surface area contributed by atoms with E-state index in [4.69, 9.17) is 0 Å². The second-order valence-electron chi connectivity index (χ2n) is 8.44. The number of quaternary nitrogens is 1. The molecule has 7 heteroatoms. The van der Waals surface area contributed by atoms with E-state index in [2.05, 4.69) is 47.3 Å². The number of aromatic amines is 1. The Labute approximate surface area is 164 Å². The largest absolute Gasteiger partial charge is 0.322 e. The summed E-state index contributed by atoms with van der Waals surface area (Å²) in [5, 5.41) is 13.6. The standard InChI is InChI=1S/C21H28N6O/c1-13(2)27-20(23-24-25-27)19(26-10-8-14(3)9-11-26)17-12-16-7-5-6-15(4)18(16)22-21(17)28/h5-7,12-14,19H,8-11H2,1-4H3,(H,22,28)/p+1/t19-/m1/s1. The van der Waals surface area contributed by atoms with Crippen molar-refractivity contribution in [1.82, 2.24) is 25.2 Å². The van der Waals surface area contributed by atoms with Gasteiger partial charge in [-0.25, -0.2) is 4.68 Å². The Bertz CT molecular complexity index is 1030. The average molecular weight is 382 g/mol. The molecule has 2 N–H and O–H groups in total. The lowest BCUT2D eigenvalue weighted by molar-refractivity contribution is -0.932. The van der Waals surface area contributed by atoms with Crippen molar-refractivity contribution in [3.8, 4) is 0 Å². The number of hydrogen-bond donors (Lipinski definition) is 2. The zero-order valence-electron chi connectivity index (χ0n) is 17.1. The molecule has 148 valence electrons. The van der Waals surface area contributed by atoms with Crippen LogP contribution >= 0.6 is 0 Å².